The molecule has 16 heteroatoms. The highest BCUT2D eigenvalue weighted by atomic mass is 19.4. The lowest BCUT2D eigenvalue weighted by Gasteiger charge is -2.38. The van der Waals surface area contributed by atoms with Crippen LogP contribution in [-0.2, 0) is 26.1 Å². The van der Waals surface area contributed by atoms with Gasteiger partial charge in [-0.3, -0.25) is 38.9 Å². The van der Waals surface area contributed by atoms with Gasteiger partial charge in [-0.1, -0.05) is 11.8 Å². The molecular formula is C34H27F5N6O5. The predicted octanol–water partition coefficient (Wildman–Crippen LogP) is 4.40. The fourth-order valence-corrected chi connectivity index (χ4v) is 5.78. The van der Waals surface area contributed by atoms with E-state index in [1.54, 1.807) is 12.1 Å². The first kappa shape index (κ1) is 34.0. The Morgan fingerprint density at radius 2 is 1.74 bits per heavy atom. The third-order valence-electron chi connectivity index (χ3n) is 8.69. The van der Waals surface area contributed by atoms with Crippen LogP contribution in [0.25, 0.3) is 6.08 Å². The van der Waals surface area contributed by atoms with Crippen molar-refractivity contribution in [3.63, 3.8) is 0 Å². The van der Waals surface area contributed by atoms with E-state index in [0.717, 1.165) is 11.0 Å². The quantitative estimate of drug-likeness (QED) is 0.222. The SMILES string of the molecule is CC(C)(C(=O)Nc1ccc(C(F)(F)F)cc1C=C(F)F)n1cc(C#CC2CN(c3ccc4c(c3)C(=O)N(C3CCC(=O)NC3=O)C4=O)C2)cn1. The van der Waals surface area contributed by atoms with E-state index in [2.05, 4.69) is 27.6 Å². The Hall–Kier alpha value is -5.85. The topological polar surface area (TPSA) is 134 Å². The predicted molar refractivity (Wildman–Crippen MR) is 168 cm³/mol. The maximum absolute atomic E-state index is 13.2. The Labute approximate surface area is 281 Å². The number of rotatable bonds is 6. The number of nitrogens with one attached hydrogen (secondary N) is 2. The van der Waals surface area contributed by atoms with Crippen LogP contribution in [0.15, 0.2) is 54.9 Å². The molecule has 258 valence electrons. The number of hydrogen-bond donors (Lipinski definition) is 2. The van der Waals surface area contributed by atoms with Crippen LogP contribution >= 0.6 is 0 Å². The van der Waals surface area contributed by atoms with E-state index in [1.807, 2.05) is 4.90 Å². The Kier molecular flexibility index (Phi) is 8.54. The average molecular weight is 695 g/mol. The van der Waals surface area contributed by atoms with Gasteiger partial charge in [0, 0.05) is 48.7 Å². The van der Waals surface area contributed by atoms with E-state index >= 15 is 0 Å². The van der Waals surface area contributed by atoms with Crippen LogP contribution in [0.5, 0.6) is 0 Å². The van der Waals surface area contributed by atoms with Crippen LogP contribution in [0.2, 0.25) is 0 Å². The summed E-state index contributed by atoms with van der Waals surface area (Å²) in [5, 5.41) is 8.79. The number of imide groups is 2. The van der Waals surface area contributed by atoms with Crippen LogP contribution < -0.4 is 15.5 Å². The van der Waals surface area contributed by atoms with Gasteiger partial charge in [0.05, 0.1) is 34.4 Å². The molecule has 50 heavy (non-hydrogen) atoms. The molecule has 0 radical (unpaired) electrons. The number of amides is 5. The van der Waals surface area contributed by atoms with Gasteiger partial charge in [-0.2, -0.15) is 27.1 Å². The van der Waals surface area contributed by atoms with Crippen LogP contribution in [0.1, 0.15) is 64.1 Å². The molecule has 2 saturated heterocycles. The van der Waals surface area contributed by atoms with Crippen molar-refractivity contribution in [3.05, 3.63) is 82.7 Å². The summed E-state index contributed by atoms with van der Waals surface area (Å²) in [4.78, 5) is 66.0. The molecule has 2 fully saturated rings. The highest BCUT2D eigenvalue weighted by Crippen LogP contribution is 2.35. The zero-order valence-corrected chi connectivity index (χ0v) is 26.4. The molecule has 6 rings (SSSR count). The van der Waals surface area contributed by atoms with Crippen molar-refractivity contribution >= 4 is 47.0 Å². The van der Waals surface area contributed by atoms with E-state index < -0.39 is 64.5 Å². The third kappa shape index (κ3) is 6.46. The van der Waals surface area contributed by atoms with Crippen molar-refractivity contribution in [2.24, 2.45) is 5.92 Å². The average Bonchev–Trinajstić information content (AvgIpc) is 3.59. The number of aromatic nitrogens is 2. The van der Waals surface area contributed by atoms with E-state index in [1.165, 1.54) is 37.0 Å². The molecule has 3 aliphatic rings. The van der Waals surface area contributed by atoms with Crippen LogP contribution in [-0.4, -0.2) is 63.3 Å². The lowest BCUT2D eigenvalue weighted by Crippen LogP contribution is -2.54. The van der Waals surface area contributed by atoms with Crippen LogP contribution in [0.4, 0.5) is 33.3 Å². The highest BCUT2D eigenvalue weighted by molar-refractivity contribution is 6.23. The number of alkyl halides is 3. The minimum atomic E-state index is -4.77. The number of anilines is 2. The molecule has 1 atom stereocenters. The summed E-state index contributed by atoms with van der Waals surface area (Å²) in [6.45, 7) is 4.00. The Morgan fingerprint density at radius 1 is 1.02 bits per heavy atom. The van der Waals surface area contributed by atoms with Crippen LogP contribution in [0.3, 0.4) is 0 Å². The van der Waals surface area contributed by atoms with Crippen molar-refractivity contribution < 1.29 is 45.9 Å². The third-order valence-corrected chi connectivity index (χ3v) is 8.69. The number of piperidine rings is 1. The largest absolute Gasteiger partial charge is 0.416 e. The summed E-state index contributed by atoms with van der Waals surface area (Å²) in [6, 6.07) is 5.89. The summed E-state index contributed by atoms with van der Waals surface area (Å²) in [6.07, 6.45) is -3.74. The Balaban J connectivity index is 1.09. The summed E-state index contributed by atoms with van der Waals surface area (Å²) in [5.41, 5.74) is -1.79. The minimum Gasteiger partial charge on any atom is -0.369 e. The van der Waals surface area contributed by atoms with Gasteiger partial charge in [0.2, 0.25) is 11.8 Å². The molecule has 4 heterocycles. The molecule has 5 amide bonds. The second-order valence-corrected chi connectivity index (χ2v) is 12.5. The van der Waals surface area contributed by atoms with Gasteiger partial charge in [0.25, 0.3) is 23.8 Å². The summed E-state index contributed by atoms with van der Waals surface area (Å²) in [5.74, 6) is 3.00. The van der Waals surface area contributed by atoms with E-state index in [4.69, 9.17) is 0 Å². The van der Waals surface area contributed by atoms with Gasteiger partial charge >= 0.3 is 6.18 Å². The second kappa shape index (κ2) is 12.6. The normalized spacial score (nSPS) is 17.9. The number of carbonyl (C=O) groups is 5. The van der Waals surface area contributed by atoms with E-state index in [-0.39, 0.29) is 41.6 Å². The maximum Gasteiger partial charge on any atom is 0.416 e. The maximum atomic E-state index is 13.2. The lowest BCUT2D eigenvalue weighted by atomic mass is 9.98. The summed E-state index contributed by atoms with van der Waals surface area (Å²) < 4.78 is 66.7. The highest BCUT2D eigenvalue weighted by Gasteiger charge is 2.45. The monoisotopic (exact) mass is 694 g/mol. The van der Waals surface area contributed by atoms with Gasteiger partial charge in [0.15, 0.2) is 0 Å². The van der Waals surface area contributed by atoms with Crippen molar-refractivity contribution in [2.45, 2.75) is 44.4 Å². The standard InChI is InChI=1S/C34H27F5N6O5/c1-33(2,32(50)41-25-8-5-21(34(37,38)39)11-20(25)12-27(35)36)44-17-18(14-40-44)3-4-19-15-43(16-19)22-6-7-23-24(13-22)31(49)45(30(23)48)26-9-10-28(46)42-29(26)47/h5-8,11-14,17,19,26H,9-10,15-16H2,1-2H3,(H,41,50)(H,42,46,47). The molecule has 3 aromatic rings. The van der Waals surface area contributed by atoms with Crippen molar-refractivity contribution in [1.29, 1.82) is 0 Å². The fourth-order valence-electron chi connectivity index (χ4n) is 5.78. The number of hydrogen-bond acceptors (Lipinski definition) is 7. The number of halogens is 5. The first-order valence-corrected chi connectivity index (χ1v) is 15.3. The Bertz CT molecular complexity index is 2050. The number of carbonyl (C=O) groups excluding carboxylic acids is 5. The molecule has 0 spiro atoms. The van der Waals surface area contributed by atoms with Gasteiger partial charge in [-0.25, -0.2) is 0 Å². The van der Waals surface area contributed by atoms with Gasteiger partial charge < -0.3 is 10.2 Å². The van der Waals surface area contributed by atoms with E-state index in [9.17, 15) is 45.9 Å². The lowest BCUT2D eigenvalue weighted by molar-refractivity contribution is -0.138. The molecular weight excluding hydrogens is 667 g/mol. The fraction of sp³-hybridized carbons (Fsp3) is 0.294. The molecule has 0 aliphatic carbocycles. The molecule has 1 aromatic heterocycles. The second-order valence-electron chi connectivity index (χ2n) is 12.5. The molecule has 2 aromatic carbocycles. The zero-order chi connectivity index (χ0) is 36.1. The van der Waals surface area contributed by atoms with Gasteiger partial charge in [0.1, 0.15) is 11.6 Å². The van der Waals surface area contributed by atoms with Crippen molar-refractivity contribution in [1.82, 2.24) is 20.0 Å². The van der Waals surface area contributed by atoms with Crippen molar-refractivity contribution in [3.8, 4) is 11.8 Å². The van der Waals surface area contributed by atoms with Crippen molar-refractivity contribution in [2.75, 3.05) is 23.3 Å². The van der Waals surface area contributed by atoms with Crippen LogP contribution in [0, 0.1) is 17.8 Å². The summed E-state index contributed by atoms with van der Waals surface area (Å²) >= 11 is 0. The molecule has 3 aliphatic heterocycles. The first-order valence-electron chi connectivity index (χ1n) is 15.3. The number of fused-ring (bicyclic) bond motifs is 1. The van der Waals surface area contributed by atoms with Gasteiger partial charge in [-0.05, 0) is 56.7 Å². The first-order chi connectivity index (χ1) is 23.5. The van der Waals surface area contributed by atoms with Gasteiger partial charge in [-0.15, -0.1) is 0 Å². The smallest absolute Gasteiger partial charge is 0.369 e. The molecule has 11 nitrogen and oxygen atoms in total. The Morgan fingerprint density at radius 3 is 2.42 bits per heavy atom. The number of nitrogens with zero attached hydrogens (tertiary/aromatic N) is 4. The molecule has 1 unspecified atom stereocenters. The molecule has 0 saturated carbocycles. The molecule has 0 bridgehead atoms. The minimum absolute atomic E-state index is 0.0235. The summed E-state index contributed by atoms with van der Waals surface area (Å²) in [7, 11) is 0. The zero-order valence-electron chi connectivity index (χ0n) is 26.4. The van der Waals surface area contributed by atoms with E-state index in [0.29, 0.717) is 36.5 Å². The molecule has 2 N–H and O–H groups in total. The number of benzene rings is 2.